The van der Waals surface area contributed by atoms with Gasteiger partial charge in [-0.15, -0.1) is 10.2 Å². The number of fused-ring (bicyclic) bond motifs is 3. The van der Waals surface area contributed by atoms with Crippen LogP contribution in [-0.4, -0.2) is 38.0 Å². The Morgan fingerprint density at radius 3 is 3.00 bits per heavy atom. The molecule has 0 atom stereocenters. The van der Waals surface area contributed by atoms with Crippen LogP contribution in [0.1, 0.15) is 5.01 Å². The minimum absolute atomic E-state index is 0.0620. The Balaban J connectivity index is 1.54. The zero-order valence-corrected chi connectivity index (χ0v) is 13.5. The molecule has 0 N–H and O–H groups in total. The van der Waals surface area contributed by atoms with Crippen LogP contribution in [0.15, 0.2) is 28.6 Å². The number of hydrogen-bond donors (Lipinski definition) is 0. The Kier molecular flexibility index (Phi) is 3.34. The lowest BCUT2D eigenvalue weighted by atomic mass is 10.3. The van der Waals surface area contributed by atoms with Crippen molar-refractivity contribution in [2.75, 3.05) is 17.2 Å². The van der Waals surface area contributed by atoms with Gasteiger partial charge in [0.15, 0.2) is 4.34 Å². The lowest BCUT2D eigenvalue weighted by molar-refractivity contribution is -0.116. The molecule has 0 unspecified atom stereocenters. The predicted octanol–water partition coefficient (Wildman–Crippen LogP) is 2.34. The number of anilines is 1. The number of benzene rings is 1. The minimum Gasteiger partial charge on any atom is -0.308 e. The molecule has 1 amide bonds. The van der Waals surface area contributed by atoms with Crippen LogP contribution in [0.3, 0.4) is 0 Å². The minimum atomic E-state index is 0.0620. The molecule has 8 heteroatoms. The summed E-state index contributed by atoms with van der Waals surface area (Å²) in [7, 11) is 0. The number of nitrogens with zero attached hydrogens (tertiary/aromatic N) is 5. The Morgan fingerprint density at radius 2 is 2.18 bits per heavy atom. The highest BCUT2D eigenvalue weighted by atomic mass is 32.2. The molecule has 4 rings (SSSR count). The Labute approximate surface area is 135 Å². The first kappa shape index (κ1) is 13.7. The molecule has 1 aromatic carbocycles. The maximum atomic E-state index is 12.5. The molecule has 3 aromatic rings. The van der Waals surface area contributed by atoms with Crippen LogP contribution < -0.4 is 4.90 Å². The molecule has 0 radical (unpaired) electrons. The fourth-order valence-corrected chi connectivity index (χ4v) is 4.26. The van der Waals surface area contributed by atoms with Crippen LogP contribution >= 0.6 is 23.1 Å². The SMILES string of the molecule is Cc1nnc(SCC(=O)N2CCn3c2nc2ccccc23)s1. The number of hydrogen-bond acceptors (Lipinski definition) is 6. The number of carbonyl (C=O) groups excluding carboxylic acids is 1. The van der Waals surface area contributed by atoms with Crippen molar-refractivity contribution in [1.82, 2.24) is 19.7 Å². The first-order valence-corrected chi connectivity index (χ1v) is 8.71. The molecule has 1 aliphatic heterocycles. The van der Waals surface area contributed by atoms with Crippen molar-refractivity contribution in [2.24, 2.45) is 0 Å². The van der Waals surface area contributed by atoms with Crippen molar-refractivity contribution in [2.45, 2.75) is 17.8 Å². The molecular weight excluding hydrogens is 318 g/mol. The summed E-state index contributed by atoms with van der Waals surface area (Å²) in [6.07, 6.45) is 0. The van der Waals surface area contributed by atoms with E-state index in [1.807, 2.05) is 31.2 Å². The van der Waals surface area contributed by atoms with E-state index in [0.717, 1.165) is 32.9 Å². The van der Waals surface area contributed by atoms with Crippen LogP contribution in [0, 0.1) is 6.92 Å². The predicted molar refractivity (Wildman–Crippen MR) is 87.5 cm³/mol. The third-order valence-electron chi connectivity index (χ3n) is 3.55. The largest absolute Gasteiger partial charge is 0.308 e. The zero-order valence-electron chi connectivity index (χ0n) is 11.9. The third kappa shape index (κ3) is 2.28. The first-order valence-electron chi connectivity index (χ1n) is 6.91. The number of aromatic nitrogens is 4. The molecular formula is C14H13N5OS2. The molecule has 0 spiro atoms. The quantitative estimate of drug-likeness (QED) is 0.689. The van der Waals surface area contributed by atoms with Crippen LogP contribution in [0.5, 0.6) is 0 Å². The van der Waals surface area contributed by atoms with E-state index in [1.54, 1.807) is 4.90 Å². The van der Waals surface area contributed by atoms with E-state index in [9.17, 15) is 4.79 Å². The summed E-state index contributed by atoms with van der Waals surface area (Å²) in [4.78, 5) is 18.8. The second-order valence-corrected chi connectivity index (χ2v) is 7.38. The Morgan fingerprint density at radius 1 is 1.32 bits per heavy atom. The van der Waals surface area contributed by atoms with Gasteiger partial charge < -0.3 is 4.57 Å². The highest BCUT2D eigenvalue weighted by molar-refractivity contribution is 8.01. The number of aryl methyl sites for hydroxylation is 1. The maximum absolute atomic E-state index is 12.5. The lowest BCUT2D eigenvalue weighted by Gasteiger charge is -2.12. The van der Waals surface area contributed by atoms with Gasteiger partial charge in [0.1, 0.15) is 5.01 Å². The average molecular weight is 331 g/mol. The highest BCUT2D eigenvalue weighted by Crippen LogP contribution is 2.28. The van der Waals surface area contributed by atoms with Gasteiger partial charge in [-0.3, -0.25) is 9.69 Å². The van der Waals surface area contributed by atoms with Gasteiger partial charge in [-0.2, -0.15) is 0 Å². The van der Waals surface area contributed by atoms with Gasteiger partial charge >= 0.3 is 0 Å². The normalized spacial score (nSPS) is 13.8. The average Bonchev–Trinajstić information content (AvgIpc) is 3.19. The molecule has 1 aliphatic rings. The van der Waals surface area contributed by atoms with Crippen molar-refractivity contribution < 1.29 is 4.79 Å². The Hall–Kier alpha value is -1.93. The fraction of sp³-hybridized carbons (Fsp3) is 0.286. The van der Waals surface area contributed by atoms with Crippen LogP contribution in [0.2, 0.25) is 0 Å². The lowest BCUT2D eigenvalue weighted by Crippen LogP contribution is -2.30. The van der Waals surface area contributed by atoms with Gasteiger partial charge in [0.25, 0.3) is 0 Å². The molecule has 0 saturated heterocycles. The summed E-state index contributed by atoms with van der Waals surface area (Å²) in [5.74, 6) is 1.17. The molecule has 6 nitrogen and oxygen atoms in total. The summed E-state index contributed by atoms with van der Waals surface area (Å²) < 4.78 is 2.94. The zero-order chi connectivity index (χ0) is 15.1. The molecule has 0 aliphatic carbocycles. The van der Waals surface area contributed by atoms with Gasteiger partial charge in [-0.1, -0.05) is 35.2 Å². The number of para-hydroxylation sites is 2. The Bertz CT molecular complexity index is 856. The first-order chi connectivity index (χ1) is 10.7. The van der Waals surface area contributed by atoms with E-state index in [4.69, 9.17) is 0 Å². The summed E-state index contributed by atoms with van der Waals surface area (Å²) in [5, 5.41) is 8.91. The number of thioether (sulfide) groups is 1. The van der Waals surface area contributed by atoms with Gasteiger partial charge in [0.2, 0.25) is 11.9 Å². The van der Waals surface area contributed by atoms with E-state index in [0.29, 0.717) is 12.3 Å². The van der Waals surface area contributed by atoms with Gasteiger partial charge in [-0.05, 0) is 19.1 Å². The van der Waals surface area contributed by atoms with Crippen molar-refractivity contribution in [3.63, 3.8) is 0 Å². The molecule has 22 heavy (non-hydrogen) atoms. The van der Waals surface area contributed by atoms with Gasteiger partial charge in [-0.25, -0.2) is 4.98 Å². The van der Waals surface area contributed by atoms with Crippen molar-refractivity contribution in [3.05, 3.63) is 29.3 Å². The van der Waals surface area contributed by atoms with E-state index < -0.39 is 0 Å². The second kappa shape index (κ2) is 5.36. The van der Waals surface area contributed by atoms with Crippen LogP contribution in [0.25, 0.3) is 11.0 Å². The third-order valence-corrected chi connectivity index (χ3v) is 5.51. The molecule has 0 fully saturated rings. The maximum Gasteiger partial charge on any atom is 0.239 e. The number of amides is 1. The van der Waals surface area contributed by atoms with Crippen molar-refractivity contribution in [1.29, 1.82) is 0 Å². The van der Waals surface area contributed by atoms with E-state index in [-0.39, 0.29) is 5.91 Å². The van der Waals surface area contributed by atoms with E-state index >= 15 is 0 Å². The summed E-state index contributed by atoms with van der Waals surface area (Å²) >= 11 is 2.95. The smallest absolute Gasteiger partial charge is 0.239 e. The topological polar surface area (TPSA) is 63.9 Å². The second-order valence-electron chi connectivity index (χ2n) is 4.97. The van der Waals surface area contributed by atoms with Crippen molar-refractivity contribution in [3.8, 4) is 0 Å². The van der Waals surface area contributed by atoms with E-state index in [2.05, 4.69) is 19.7 Å². The molecule has 0 saturated carbocycles. The number of imidazole rings is 1. The number of rotatable bonds is 3. The van der Waals surface area contributed by atoms with E-state index in [1.165, 1.54) is 23.1 Å². The van der Waals surface area contributed by atoms with Crippen LogP contribution in [0.4, 0.5) is 5.95 Å². The molecule has 0 bridgehead atoms. The molecule has 2 aromatic heterocycles. The van der Waals surface area contributed by atoms with Crippen LogP contribution in [-0.2, 0) is 11.3 Å². The molecule has 3 heterocycles. The monoisotopic (exact) mass is 331 g/mol. The van der Waals surface area contributed by atoms with Gasteiger partial charge in [0, 0.05) is 13.1 Å². The molecule has 112 valence electrons. The van der Waals surface area contributed by atoms with Crippen molar-refractivity contribution >= 4 is 46.0 Å². The van der Waals surface area contributed by atoms with Gasteiger partial charge in [0.05, 0.1) is 16.8 Å². The standard InChI is InChI=1S/C14H13N5OS2/c1-9-16-17-14(22-9)21-8-12(20)19-7-6-18-11-5-3-2-4-10(11)15-13(18)19/h2-5H,6-8H2,1H3. The fourth-order valence-electron chi connectivity index (χ4n) is 2.56. The summed E-state index contributed by atoms with van der Waals surface area (Å²) in [6, 6.07) is 7.97. The number of carbonyl (C=O) groups is 1. The highest BCUT2D eigenvalue weighted by Gasteiger charge is 2.28. The summed E-state index contributed by atoms with van der Waals surface area (Å²) in [5.41, 5.74) is 2.02. The summed E-state index contributed by atoms with van der Waals surface area (Å²) in [6.45, 7) is 3.39.